The molecule has 0 nitrogen and oxygen atoms in total. The topological polar surface area (TPSA) is 0 Å². The average molecular weight is 410 g/mol. The first-order chi connectivity index (χ1) is 8.97. The normalized spacial score (nSPS) is 12.5. The van der Waals surface area contributed by atoms with Crippen LogP contribution in [0.15, 0.2) is 40.9 Å². The fourth-order valence-electron chi connectivity index (χ4n) is 1.71. The van der Waals surface area contributed by atoms with Gasteiger partial charge in [-0.2, -0.15) is 0 Å². The molecule has 0 bridgehead atoms. The quantitative estimate of drug-likeness (QED) is 0.540. The van der Waals surface area contributed by atoms with E-state index >= 15 is 0 Å². The molecular formula is C14H9Br2ClF2. The van der Waals surface area contributed by atoms with Crippen molar-refractivity contribution in [3.63, 3.8) is 0 Å². The van der Waals surface area contributed by atoms with Gasteiger partial charge in [0.15, 0.2) is 0 Å². The summed E-state index contributed by atoms with van der Waals surface area (Å²) in [6.07, 6.45) is 0.431. The molecule has 0 heterocycles. The number of hydrogen-bond acceptors (Lipinski definition) is 0. The monoisotopic (exact) mass is 408 g/mol. The predicted octanol–water partition coefficient (Wildman–Crippen LogP) is 6.06. The van der Waals surface area contributed by atoms with Crippen molar-refractivity contribution in [1.82, 2.24) is 0 Å². The molecule has 2 aromatic rings. The molecule has 0 saturated carbocycles. The molecule has 100 valence electrons. The highest BCUT2D eigenvalue weighted by molar-refractivity contribution is 9.10. The summed E-state index contributed by atoms with van der Waals surface area (Å²) in [6.45, 7) is 0. The molecular weight excluding hydrogens is 401 g/mol. The average Bonchev–Trinajstić information content (AvgIpc) is 2.36. The minimum absolute atomic E-state index is 0.0685. The Hall–Kier alpha value is -0.450. The summed E-state index contributed by atoms with van der Waals surface area (Å²) in [6, 6.07) is 9.14. The van der Waals surface area contributed by atoms with Gasteiger partial charge in [-0.1, -0.05) is 39.7 Å². The largest absolute Gasteiger partial charge is 0.207 e. The number of benzene rings is 2. The van der Waals surface area contributed by atoms with E-state index in [9.17, 15) is 8.78 Å². The van der Waals surface area contributed by atoms with E-state index in [0.29, 0.717) is 17.0 Å². The molecule has 0 N–H and O–H groups in total. The van der Waals surface area contributed by atoms with E-state index < -0.39 is 11.6 Å². The second kappa shape index (κ2) is 6.33. The molecule has 1 unspecified atom stereocenters. The Bertz CT molecular complexity index is 602. The molecule has 0 fully saturated rings. The molecule has 0 aromatic heterocycles. The van der Waals surface area contributed by atoms with E-state index in [2.05, 4.69) is 31.9 Å². The molecule has 5 heteroatoms. The maximum atomic E-state index is 13.6. The van der Waals surface area contributed by atoms with Gasteiger partial charge in [0.2, 0.25) is 0 Å². The van der Waals surface area contributed by atoms with Gasteiger partial charge < -0.3 is 0 Å². The molecule has 0 aliphatic rings. The maximum absolute atomic E-state index is 13.6. The Morgan fingerprint density at radius 1 is 1.11 bits per heavy atom. The van der Waals surface area contributed by atoms with Crippen LogP contribution in [0.1, 0.15) is 16.0 Å². The van der Waals surface area contributed by atoms with Gasteiger partial charge in [-0.3, -0.25) is 0 Å². The summed E-state index contributed by atoms with van der Waals surface area (Å²) in [4.78, 5) is -0.0685. The lowest BCUT2D eigenvalue weighted by Crippen LogP contribution is -1.99. The SMILES string of the molecule is Fc1ccc(CC(Br)c2ccc(Cl)c(Br)c2)c(F)c1. The zero-order valence-electron chi connectivity index (χ0n) is 9.64. The van der Waals surface area contributed by atoms with Gasteiger partial charge in [0.1, 0.15) is 11.6 Å². The van der Waals surface area contributed by atoms with Gasteiger partial charge in [-0.05, 0) is 51.7 Å². The van der Waals surface area contributed by atoms with Crippen molar-refractivity contribution in [3.8, 4) is 0 Å². The standard InChI is InChI=1S/C14H9Br2ClF2/c15-11(8-2-4-13(17)12(16)5-8)6-9-1-3-10(18)7-14(9)19/h1-5,7,11H,6H2. The van der Waals surface area contributed by atoms with Gasteiger partial charge >= 0.3 is 0 Å². The molecule has 19 heavy (non-hydrogen) atoms. The number of rotatable bonds is 3. The molecule has 2 rings (SSSR count). The Labute approximate surface area is 132 Å². The summed E-state index contributed by atoms with van der Waals surface area (Å²) in [5.74, 6) is -1.10. The molecule has 0 aliphatic heterocycles. The van der Waals surface area contributed by atoms with E-state index in [1.54, 1.807) is 6.07 Å². The van der Waals surface area contributed by atoms with Crippen LogP contribution in [0.4, 0.5) is 8.78 Å². The van der Waals surface area contributed by atoms with Crippen molar-refractivity contribution in [2.45, 2.75) is 11.2 Å². The Morgan fingerprint density at radius 3 is 2.47 bits per heavy atom. The van der Waals surface area contributed by atoms with Crippen LogP contribution in [0.25, 0.3) is 0 Å². The minimum atomic E-state index is -0.568. The van der Waals surface area contributed by atoms with Crippen molar-refractivity contribution in [2.24, 2.45) is 0 Å². The van der Waals surface area contributed by atoms with Crippen LogP contribution >= 0.6 is 43.5 Å². The maximum Gasteiger partial charge on any atom is 0.129 e. The van der Waals surface area contributed by atoms with Gasteiger partial charge in [0.25, 0.3) is 0 Å². The highest BCUT2D eigenvalue weighted by atomic mass is 79.9. The van der Waals surface area contributed by atoms with E-state index in [1.807, 2.05) is 12.1 Å². The lowest BCUT2D eigenvalue weighted by atomic mass is 10.0. The van der Waals surface area contributed by atoms with Crippen LogP contribution in [-0.2, 0) is 6.42 Å². The summed E-state index contributed by atoms with van der Waals surface area (Å²) in [5.41, 5.74) is 1.44. The smallest absolute Gasteiger partial charge is 0.129 e. The van der Waals surface area contributed by atoms with Crippen molar-refractivity contribution in [1.29, 1.82) is 0 Å². The van der Waals surface area contributed by atoms with Gasteiger partial charge in [0.05, 0.1) is 5.02 Å². The van der Waals surface area contributed by atoms with Crippen molar-refractivity contribution in [3.05, 3.63) is 68.7 Å². The third kappa shape index (κ3) is 3.77. The van der Waals surface area contributed by atoms with Crippen molar-refractivity contribution >= 4 is 43.5 Å². The van der Waals surface area contributed by atoms with E-state index in [4.69, 9.17) is 11.6 Å². The fraction of sp³-hybridized carbons (Fsp3) is 0.143. The zero-order valence-corrected chi connectivity index (χ0v) is 13.6. The lowest BCUT2D eigenvalue weighted by molar-refractivity contribution is 0.571. The number of hydrogen-bond donors (Lipinski definition) is 0. The molecule has 1 atom stereocenters. The number of alkyl halides is 1. The second-order valence-electron chi connectivity index (χ2n) is 4.08. The Morgan fingerprint density at radius 2 is 1.84 bits per heavy atom. The van der Waals surface area contributed by atoms with E-state index in [0.717, 1.165) is 16.1 Å². The fourth-order valence-corrected chi connectivity index (χ4v) is 2.85. The van der Waals surface area contributed by atoms with E-state index in [-0.39, 0.29) is 4.83 Å². The first kappa shape index (κ1) is 14.9. The minimum Gasteiger partial charge on any atom is -0.207 e. The summed E-state index contributed by atoms with van der Waals surface area (Å²) >= 11 is 12.8. The predicted molar refractivity (Wildman–Crippen MR) is 80.9 cm³/mol. The summed E-state index contributed by atoms with van der Waals surface area (Å²) in [7, 11) is 0. The van der Waals surface area contributed by atoms with Gasteiger partial charge in [-0.15, -0.1) is 0 Å². The van der Waals surface area contributed by atoms with Crippen LogP contribution < -0.4 is 0 Å². The first-order valence-corrected chi connectivity index (χ1v) is 7.59. The van der Waals surface area contributed by atoms with Crippen LogP contribution in [0, 0.1) is 11.6 Å². The molecule has 0 amide bonds. The molecule has 0 spiro atoms. The van der Waals surface area contributed by atoms with Crippen LogP contribution in [0.2, 0.25) is 5.02 Å². The third-order valence-corrected chi connectivity index (χ3v) is 4.79. The number of halogens is 5. The highest BCUT2D eigenvalue weighted by Gasteiger charge is 2.13. The zero-order chi connectivity index (χ0) is 14.0. The van der Waals surface area contributed by atoms with Crippen molar-refractivity contribution in [2.75, 3.05) is 0 Å². The molecule has 0 saturated heterocycles. The molecule has 0 radical (unpaired) electrons. The van der Waals surface area contributed by atoms with Crippen molar-refractivity contribution < 1.29 is 8.78 Å². The van der Waals surface area contributed by atoms with Gasteiger partial charge in [0, 0.05) is 15.4 Å². The van der Waals surface area contributed by atoms with Crippen LogP contribution in [0.5, 0.6) is 0 Å². The molecule has 2 aromatic carbocycles. The Balaban J connectivity index is 2.20. The lowest BCUT2D eigenvalue weighted by Gasteiger charge is -2.12. The summed E-state index contributed by atoms with van der Waals surface area (Å²) < 4.78 is 27.2. The highest BCUT2D eigenvalue weighted by Crippen LogP contribution is 2.32. The van der Waals surface area contributed by atoms with Gasteiger partial charge in [-0.25, -0.2) is 8.78 Å². The third-order valence-electron chi connectivity index (χ3n) is 2.72. The van der Waals surface area contributed by atoms with E-state index in [1.165, 1.54) is 12.1 Å². The molecule has 0 aliphatic carbocycles. The Kier molecular flexibility index (Phi) is 4.98. The van der Waals surface area contributed by atoms with Crippen LogP contribution in [-0.4, -0.2) is 0 Å². The second-order valence-corrected chi connectivity index (χ2v) is 6.45. The van der Waals surface area contributed by atoms with Crippen LogP contribution in [0.3, 0.4) is 0 Å². The summed E-state index contributed by atoms with van der Waals surface area (Å²) in [5, 5.41) is 0.622. The first-order valence-electron chi connectivity index (χ1n) is 5.50.